The van der Waals surface area contributed by atoms with Gasteiger partial charge < -0.3 is 24.7 Å². The van der Waals surface area contributed by atoms with E-state index in [0.29, 0.717) is 28.4 Å². The highest BCUT2D eigenvalue weighted by Gasteiger charge is 2.12. The molecule has 8 heteroatoms. The number of benzene rings is 2. The van der Waals surface area contributed by atoms with E-state index in [1.807, 2.05) is 6.92 Å². The highest BCUT2D eigenvalue weighted by atomic mass is 16.5. The normalized spacial score (nSPS) is 10.3. The molecule has 0 saturated heterocycles. The molecule has 1 heterocycles. The minimum atomic E-state index is -0.340. The van der Waals surface area contributed by atoms with Crippen LogP contribution in [0.2, 0.25) is 0 Å². The largest absolute Gasteiger partial charge is 0.497 e. The maximum absolute atomic E-state index is 12.6. The van der Waals surface area contributed by atoms with Crippen molar-refractivity contribution >= 4 is 23.2 Å². The lowest BCUT2D eigenvalue weighted by molar-refractivity contribution is -0.116. The number of aryl methyl sites for hydroxylation is 1. The summed E-state index contributed by atoms with van der Waals surface area (Å²) in [6.45, 7) is 1.75. The molecule has 0 aliphatic rings. The van der Waals surface area contributed by atoms with Crippen LogP contribution in [0.3, 0.4) is 0 Å². The minimum Gasteiger partial charge on any atom is -0.497 e. The van der Waals surface area contributed by atoms with E-state index in [2.05, 4.69) is 10.6 Å². The third-order valence-electron chi connectivity index (χ3n) is 4.53. The number of amides is 2. The van der Waals surface area contributed by atoms with Crippen LogP contribution in [0.15, 0.2) is 65.6 Å². The first-order valence-electron chi connectivity index (χ1n) is 9.50. The average Bonchev–Trinajstić information content (AvgIpc) is 2.77. The molecule has 2 aromatic carbocycles. The number of pyridine rings is 1. The van der Waals surface area contributed by atoms with Crippen LogP contribution in [0.1, 0.15) is 15.9 Å². The first-order chi connectivity index (χ1) is 14.9. The summed E-state index contributed by atoms with van der Waals surface area (Å²) in [6, 6.07) is 14.6. The number of anilines is 2. The Hall–Kier alpha value is -4.07. The van der Waals surface area contributed by atoms with E-state index in [1.54, 1.807) is 61.8 Å². The molecule has 0 atom stereocenters. The Bertz CT molecular complexity index is 1150. The lowest BCUT2D eigenvalue weighted by Gasteiger charge is -2.12. The van der Waals surface area contributed by atoms with Gasteiger partial charge in [-0.05, 0) is 48.9 Å². The average molecular weight is 421 g/mol. The lowest BCUT2D eigenvalue weighted by atomic mass is 10.2. The molecular weight excluding hydrogens is 398 g/mol. The van der Waals surface area contributed by atoms with Crippen LogP contribution >= 0.6 is 0 Å². The van der Waals surface area contributed by atoms with Gasteiger partial charge in [0.15, 0.2) is 0 Å². The number of hydrogen-bond donors (Lipinski definition) is 2. The smallest absolute Gasteiger partial charge is 0.255 e. The number of carbonyl (C=O) groups excluding carboxylic acids is 2. The number of rotatable bonds is 7. The van der Waals surface area contributed by atoms with Crippen molar-refractivity contribution in [2.75, 3.05) is 24.9 Å². The Labute approximate surface area is 179 Å². The molecule has 160 valence electrons. The molecule has 3 rings (SSSR count). The summed E-state index contributed by atoms with van der Waals surface area (Å²) in [7, 11) is 3.05. The van der Waals surface area contributed by atoms with Crippen molar-refractivity contribution in [2.45, 2.75) is 13.5 Å². The Morgan fingerprint density at radius 3 is 2.35 bits per heavy atom. The molecule has 0 unspecified atom stereocenters. The fraction of sp³-hybridized carbons (Fsp3) is 0.174. The minimum absolute atomic E-state index is 0.0972. The molecule has 2 N–H and O–H groups in total. The second-order valence-corrected chi connectivity index (χ2v) is 6.82. The van der Waals surface area contributed by atoms with E-state index in [4.69, 9.17) is 9.47 Å². The SMILES string of the molecule is COc1ccc(NC(=O)c2ccc(NC(=O)Cn3cc(C)ccc3=O)cc2)c(OC)c1. The summed E-state index contributed by atoms with van der Waals surface area (Å²) in [5.74, 6) is 0.423. The van der Waals surface area contributed by atoms with Crippen LogP contribution in [0.4, 0.5) is 11.4 Å². The first kappa shape index (κ1) is 21.6. The maximum Gasteiger partial charge on any atom is 0.255 e. The van der Waals surface area contributed by atoms with Crippen LogP contribution in [-0.2, 0) is 11.3 Å². The first-order valence-corrected chi connectivity index (χ1v) is 9.50. The third kappa shape index (κ3) is 5.51. The van der Waals surface area contributed by atoms with Crippen molar-refractivity contribution in [3.05, 3.63) is 82.3 Å². The standard InChI is InChI=1S/C23H23N3O5/c1-15-4-11-22(28)26(13-15)14-21(27)24-17-7-5-16(6-8-17)23(29)25-19-10-9-18(30-2)12-20(19)31-3/h4-13H,14H2,1-3H3,(H,24,27)(H,25,29). The molecule has 0 aliphatic heterocycles. The maximum atomic E-state index is 12.6. The molecule has 0 spiro atoms. The van der Waals surface area contributed by atoms with Gasteiger partial charge in [0.25, 0.3) is 11.5 Å². The van der Waals surface area contributed by atoms with Gasteiger partial charge >= 0.3 is 0 Å². The summed E-state index contributed by atoms with van der Waals surface area (Å²) in [6.07, 6.45) is 1.63. The van der Waals surface area contributed by atoms with E-state index < -0.39 is 0 Å². The Morgan fingerprint density at radius 1 is 0.935 bits per heavy atom. The number of methoxy groups -OCH3 is 2. The number of nitrogens with zero attached hydrogens (tertiary/aromatic N) is 1. The van der Waals surface area contributed by atoms with Crippen LogP contribution in [0.5, 0.6) is 11.5 Å². The van der Waals surface area contributed by atoms with Gasteiger partial charge in [0.1, 0.15) is 18.0 Å². The second kappa shape index (κ2) is 9.62. The van der Waals surface area contributed by atoms with Gasteiger partial charge in [0, 0.05) is 29.6 Å². The topological polar surface area (TPSA) is 98.7 Å². The van der Waals surface area contributed by atoms with Gasteiger partial charge in [-0.25, -0.2) is 0 Å². The van der Waals surface area contributed by atoms with E-state index in [0.717, 1.165) is 5.56 Å². The van der Waals surface area contributed by atoms with Gasteiger partial charge in [0.2, 0.25) is 5.91 Å². The third-order valence-corrected chi connectivity index (χ3v) is 4.53. The summed E-state index contributed by atoms with van der Waals surface area (Å²) in [5, 5.41) is 5.51. The fourth-order valence-corrected chi connectivity index (χ4v) is 2.93. The molecule has 1 aromatic heterocycles. The molecule has 0 aliphatic carbocycles. The molecule has 0 saturated carbocycles. The molecular formula is C23H23N3O5. The van der Waals surface area contributed by atoms with Crippen LogP contribution in [0.25, 0.3) is 0 Å². The zero-order chi connectivity index (χ0) is 22.4. The van der Waals surface area contributed by atoms with Gasteiger partial charge in [-0.2, -0.15) is 0 Å². The number of nitrogens with one attached hydrogen (secondary N) is 2. The van der Waals surface area contributed by atoms with Crippen molar-refractivity contribution in [1.29, 1.82) is 0 Å². The second-order valence-electron chi connectivity index (χ2n) is 6.82. The monoisotopic (exact) mass is 421 g/mol. The summed E-state index contributed by atoms with van der Waals surface area (Å²) in [5.41, 5.74) is 2.07. The molecule has 0 fully saturated rings. The number of carbonyl (C=O) groups is 2. The lowest BCUT2D eigenvalue weighted by Crippen LogP contribution is -2.26. The fourth-order valence-electron chi connectivity index (χ4n) is 2.93. The van der Waals surface area contributed by atoms with Gasteiger partial charge in [0.05, 0.1) is 19.9 Å². The number of hydrogen-bond acceptors (Lipinski definition) is 5. The van der Waals surface area contributed by atoms with Crippen LogP contribution in [0, 0.1) is 6.92 Å². The van der Waals surface area contributed by atoms with Crippen LogP contribution in [-0.4, -0.2) is 30.6 Å². The van der Waals surface area contributed by atoms with Crippen molar-refractivity contribution < 1.29 is 19.1 Å². The van der Waals surface area contributed by atoms with Crippen molar-refractivity contribution in [3.8, 4) is 11.5 Å². The van der Waals surface area contributed by atoms with Gasteiger partial charge in [-0.3, -0.25) is 14.4 Å². The Balaban J connectivity index is 1.64. The van der Waals surface area contributed by atoms with Crippen LogP contribution < -0.4 is 25.7 Å². The van der Waals surface area contributed by atoms with Crippen molar-refractivity contribution in [2.24, 2.45) is 0 Å². The quantitative estimate of drug-likeness (QED) is 0.611. The van der Waals surface area contributed by atoms with E-state index in [1.165, 1.54) is 17.7 Å². The highest BCUT2D eigenvalue weighted by molar-refractivity contribution is 6.05. The molecule has 2 amide bonds. The predicted molar refractivity (Wildman–Crippen MR) is 118 cm³/mol. The summed E-state index contributed by atoms with van der Waals surface area (Å²) in [4.78, 5) is 36.6. The molecule has 3 aromatic rings. The molecule has 0 bridgehead atoms. The van der Waals surface area contributed by atoms with Gasteiger partial charge in [-0.15, -0.1) is 0 Å². The number of ether oxygens (including phenoxy) is 2. The molecule has 8 nitrogen and oxygen atoms in total. The molecule has 31 heavy (non-hydrogen) atoms. The van der Waals surface area contributed by atoms with E-state index >= 15 is 0 Å². The highest BCUT2D eigenvalue weighted by Crippen LogP contribution is 2.29. The predicted octanol–water partition coefficient (Wildman–Crippen LogP) is 3.06. The summed E-state index contributed by atoms with van der Waals surface area (Å²) < 4.78 is 11.8. The van der Waals surface area contributed by atoms with Gasteiger partial charge in [-0.1, -0.05) is 6.07 Å². The zero-order valence-electron chi connectivity index (χ0n) is 17.5. The van der Waals surface area contributed by atoms with E-state index in [9.17, 15) is 14.4 Å². The van der Waals surface area contributed by atoms with Crippen molar-refractivity contribution in [1.82, 2.24) is 4.57 Å². The Morgan fingerprint density at radius 2 is 1.68 bits per heavy atom. The Kier molecular flexibility index (Phi) is 6.71. The zero-order valence-corrected chi connectivity index (χ0v) is 17.5. The number of aromatic nitrogens is 1. The van der Waals surface area contributed by atoms with Crippen molar-refractivity contribution in [3.63, 3.8) is 0 Å². The van der Waals surface area contributed by atoms with E-state index in [-0.39, 0.29) is 23.9 Å². The molecule has 0 radical (unpaired) electrons. The summed E-state index contributed by atoms with van der Waals surface area (Å²) >= 11 is 0.